The van der Waals surface area contributed by atoms with E-state index < -0.39 is 0 Å². The van der Waals surface area contributed by atoms with Gasteiger partial charge < -0.3 is 15.4 Å². The predicted molar refractivity (Wildman–Crippen MR) is 81.2 cm³/mol. The van der Waals surface area contributed by atoms with Crippen LogP contribution in [0.1, 0.15) is 31.7 Å². The van der Waals surface area contributed by atoms with E-state index in [1.54, 1.807) is 7.11 Å². The Bertz CT molecular complexity index is 382. The molecule has 1 atom stereocenters. The van der Waals surface area contributed by atoms with Crippen molar-refractivity contribution >= 4 is 23.0 Å². The molecule has 0 radical (unpaired) electrons. The molecule has 0 aliphatic rings. The molecule has 0 aliphatic carbocycles. The second-order valence-electron chi connectivity index (χ2n) is 4.27. The zero-order chi connectivity index (χ0) is 13.4. The van der Waals surface area contributed by atoms with Gasteiger partial charge in [0.2, 0.25) is 0 Å². The predicted octanol–water partition coefficient (Wildman–Crippen LogP) is 3.13. The number of nitrogens with one attached hydrogen (secondary N) is 2. The van der Waals surface area contributed by atoms with Gasteiger partial charge in [-0.3, -0.25) is 0 Å². The van der Waals surface area contributed by atoms with Gasteiger partial charge in [-0.2, -0.15) is 0 Å². The first-order valence-electron chi connectivity index (χ1n) is 6.31. The van der Waals surface area contributed by atoms with E-state index in [0.29, 0.717) is 24.2 Å². The maximum Gasteiger partial charge on any atom is 0.170 e. The van der Waals surface area contributed by atoms with Crippen molar-refractivity contribution in [2.75, 3.05) is 25.6 Å². The Morgan fingerprint density at radius 1 is 1.39 bits per heavy atom. The van der Waals surface area contributed by atoms with Crippen LogP contribution in [0.5, 0.6) is 0 Å². The molecule has 0 aromatic heterocycles. The molecule has 3 nitrogen and oxygen atoms in total. The standard InChI is InChI=1S/C14H22N2OS/c1-4-11(2)12-7-5-6-8-13(12)16-14(18)15-9-10-17-3/h5-8,11H,4,9-10H2,1-3H3,(H2,15,16,18). The lowest BCUT2D eigenvalue weighted by molar-refractivity contribution is 0.204. The lowest BCUT2D eigenvalue weighted by Crippen LogP contribution is -2.31. The highest BCUT2D eigenvalue weighted by atomic mass is 32.1. The molecule has 100 valence electrons. The average Bonchev–Trinajstić information content (AvgIpc) is 2.39. The van der Waals surface area contributed by atoms with E-state index in [9.17, 15) is 0 Å². The molecular formula is C14H22N2OS. The van der Waals surface area contributed by atoms with E-state index in [4.69, 9.17) is 17.0 Å². The molecular weight excluding hydrogens is 244 g/mol. The Labute approximate surface area is 115 Å². The smallest absolute Gasteiger partial charge is 0.170 e. The summed E-state index contributed by atoms with van der Waals surface area (Å²) in [5, 5.41) is 7.00. The molecule has 0 aliphatic heterocycles. The van der Waals surface area contributed by atoms with Crippen molar-refractivity contribution in [1.29, 1.82) is 0 Å². The highest BCUT2D eigenvalue weighted by Gasteiger charge is 2.08. The molecule has 2 N–H and O–H groups in total. The molecule has 18 heavy (non-hydrogen) atoms. The van der Waals surface area contributed by atoms with Crippen LogP contribution in [0.25, 0.3) is 0 Å². The van der Waals surface area contributed by atoms with Crippen LogP contribution in [0.15, 0.2) is 24.3 Å². The molecule has 4 heteroatoms. The fourth-order valence-corrected chi connectivity index (χ4v) is 1.91. The summed E-state index contributed by atoms with van der Waals surface area (Å²) in [5.41, 5.74) is 2.39. The number of methoxy groups -OCH3 is 1. The Balaban J connectivity index is 2.63. The number of benzene rings is 1. The third-order valence-electron chi connectivity index (χ3n) is 2.94. The maximum atomic E-state index is 5.25. The van der Waals surface area contributed by atoms with Gasteiger partial charge in [-0.05, 0) is 36.2 Å². The van der Waals surface area contributed by atoms with Crippen LogP contribution in [0.3, 0.4) is 0 Å². The van der Waals surface area contributed by atoms with Gasteiger partial charge in [-0.15, -0.1) is 0 Å². The Morgan fingerprint density at radius 3 is 2.78 bits per heavy atom. The monoisotopic (exact) mass is 266 g/mol. The van der Waals surface area contributed by atoms with Gasteiger partial charge in [0.15, 0.2) is 5.11 Å². The molecule has 0 spiro atoms. The van der Waals surface area contributed by atoms with Crippen LogP contribution in [-0.4, -0.2) is 25.4 Å². The molecule has 0 heterocycles. The zero-order valence-electron chi connectivity index (χ0n) is 11.3. The van der Waals surface area contributed by atoms with Crippen LogP contribution < -0.4 is 10.6 Å². The second-order valence-corrected chi connectivity index (χ2v) is 4.68. The molecule has 0 fully saturated rings. The maximum absolute atomic E-state index is 5.25. The van der Waals surface area contributed by atoms with E-state index >= 15 is 0 Å². The van der Waals surface area contributed by atoms with Gasteiger partial charge in [0, 0.05) is 19.3 Å². The van der Waals surface area contributed by atoms with Crippen LogP contribution in [-0.2, 0) is 4.74 Å². The number of para-hydroxylation sites is 1. The minimum atomic E-state index is 0.524. The first-order valence-corrected chi connectivity index (χ1v) is 6.72. The van der Waals surface area contributed by atoms with E-state index in [2.05, 4.69) is 42.7 Å². The van der Waals surface area contributed by atoms with E-state index in [1.807, 2.05) is 6.07 Å². The SMILES string of the molecule is CCC(C)c1ccccc1NC(=S)NCCOC. The van der Waals surface area contributed by atoms with Crippen molar-refractivity contribution in [3.63, 3.8) is 0 Å². The lowest BCUT2D eigenvalue weighted by Gasteiger charge is -2.17. The van der Waals surface area contributed by atoms with E-state index in [-0.39, 0.29) is 0 Å². The normalized spacial score (nSPS) is 11.9. The summed E-state index contributed by atoms with van der Waals surface area (Å²) >= 11 is 5.25. The van der Waals surface area contributed by atoms with Gasteiger partial charge in [0.25, 0.3) is 0 Å². The summed E-state index contributed by atoms with van der Waals surface area (Å²) in [7, 11) is 1.68. The quantitative estimate of drug-likeness (QED) is 0.612. The van der Waals surface area contributed by atoms with Crippen LogP contribution in [0, 0.1) is 0 Å². The Morgan fingerprint density at radius 2 is 2.11 bits per heavy atom. The van der Waals surface area contributed by atoms with E-state index in [0.717, 1.165) is 12.1 Å². The number of thiocarbonyl (C=S) groups is 1. The summed E-state index contributed by atoms with van der Waals surface area (Å²) in [6, 6.07) is 8.29. The number of hydrogen-bond acceptors (Lipinski definition) is 2. The van der Waals surface area contributed by atoms with E-state index in [1.165, 1.54) is 5.56 Å². The Hall–Kier alpha value is -1.13. The third kappa shape index (κ3) is 4.63. The summed E-state index contributed by atoms with van der Waals surface area (Å²) < 4.78 is 4.97. The first-order chi connectivity index (χ1) is 8.69. The van der Waals surface area contributed by atoms with Gasteiger partial charge in [0.05, 0.1) is 6.61 Å². The van der Waals surface area contributed by atoms with Gasteiger partial charge in [-0.25, -0.2) is 0 Å². The minimum absolute atomic E-state index is 0.524. The fourth-order valence-electron chi connectivity index (χ4n) is 1.69. The summed E-state index contributed by atoms with van der Waals surface area (Å²) in [6.07, 6.45) is 1.11. The van der Waals surface area contributed by atoms with Crippen molar-refractivity contribution in [2.45, 2.75) is 26.2 Å². The molecule has 1 rings (SSSR count). The minimum Gasteiger partial charge on any atom is -0.383 e. The summed E-state index contributed by atoms with van der Waals surface area (Å²) in [5.74, 6) is 0.524. The highest BCUT2D eigenvalue weighted by molar-refractivity contribution is 7.80. The molecule has 0 amide bonds. The topological polar surface area (TPSA) is 33.3 Å². The van der Waals surface area contributed by atoms with Crippen LogP contribution in [0.2, 0.25) is 0 Å². The number of anilines is 1. The van der Waals surface area contributed by atoms with Gasteiger partial charge in [0.1, 0.15) is 0 Å². The average molecular weight is 266 g/mol. The third-order valence-corrected chi connectivity index (χ3v) is 3.19. The van der Waals surface area contributed by atoms with Gasteiger partial charge in [-0.1, -0.05) is 32.0 Å². The first kappa shape index (κ1) is 14.9. The largest absolute Gasteiger partial charge is 0.383 e. The second kappa shape index (κ2) is 8.06. The van der Waals surface area contributed by atoms with Gasteiger partial charge >= 0.3 is 0 Å². The van der Waals surface area contributed by atoms with Crippen molar-refractivity contribution in [2.24, 2.45) is 0 Å². The van der Waals surface area contributed by atoms with Crippen molar-refractivity contribution in [3.8, 4) is 0 Å². The van der Waals surface area contributed by atoms with Crippen molar-refractivity contribution < 1.29 is 4.74 Å². The number of rotatable bonds is 6. The van der Waals surface area contributed by atoms with Crippen molar-refractivity contribution in [1.82, 2.24) is 5.32 Å². The number of ether oxygens (including phenoxy) is 1. The summed E-state index contributed by atoms with van der Waals surface area (Å²) in [6.45, 7) is 5.78. The lowest BCUT2D eigenvalue weighted by atomic mass is 9.97. The van der Waals surface area contributed by atoms with Crippen LogP contribution >= 0.6 is 12.2 Å². The van der Waals surface area contributed by atoms with Crippen LogP contribution in [0.4, 0.5) is 5.69 Å². The zero-order valence-corrected chi connectivity index (χ0v) is 12.1. The molecule has 1 aromatic carbocycles. The fraction of sp³-hybridized carbons (Fsp3) is 0.500. The molecule has 1 unspecified atom stereocenters. The molecule has 0 saturated heterocycles. The summed E-state index contributed by atoms with van der Waals surface area (Å²) in [4.78, 5) is 0. The highest BCUT2D eigenvalue weighted by Crippen LogP contribution is 2.26. The molecule has 0 saturated carbocycles. The Kier molecular flexibility index (Phi) is 6.68. The molecule has 1 aromatic rings. The van der Waals surface area contributed by atoms with Crippen molar-refractivity contribution in [3.05, 3.63) is 29.8 Å². The molecule has 0 bridgehead atoms. The number of hydrogen-bond donors (Lipinski definition) is 2.